The van der Waals surface area contributed by atoms with Crippen molar-refractivity contribution < 1.29 is 4.79 Å². The minimum Gasteiger partial charge on any atom is -0.369 e. The van der Waals surface area contributed by atoms with E-state index in [0.717, 1.165) is 52.4 Å². The molecule has 2 fully saturated rings. The first-order valence-electron chi connectivity index (χ1n) is 10.0. The van der Waals surface area contributed by atoms with Crippen molar-refractivity contribution in [1.82, 2.24) is 14.9 Å². The number of fused-ring (bicyclic) bond motifs is 3. The van der Waals surface area contributed by atoms with Gasteiger partial charge in [0.05, 0.1) is 10.3 Å². The molecule has 3 aromatic rings. The number of carbonyl (C=O) groups excluding carboxylic acids is 1. The van der Waals surface area contributed by atoms with Crippen molar-refractivity contribution in [3.05, 3.63) is 52.7 Å². The average Bonchev–Trinajstić information content (AvgIpc) is 3.43. The van der Waals surface area contributed by atoms with Gasteiger partial charge in [-0.1, -0.05) is 30.3 Å². The Balaban J connectivity index is 1.38. The van der Waals surface area contributed by atoms with Gasteiger partial charge in [-0.05, 0) is 49.7 Å². The van der Waals surface area contributed by atoms with Crippen molar-refractivity contribution >= 4 is 33.3 Å². The molecule has 2 aliphatic rings. The quantitative estimate of drug-likeness (QED) is 0.704. The first-order chi connectivity index (χ1) is 13.7. The molecule has 1 saturated carbocycles. The molecular weight excluding hydrogens is 368 g/mol. The Morgan fingerprint density at radius 3 is 2.86 bits per heavy atom. The fraction of sp³-hybridized carbons (Fsp3) is 0.409. The molecule has 1 amide bonds. The van der Waals surface area contributed by atoms with E-state index < -0.39 is 0 Å². The largest absolute Gasteiger partial charge is 0.369 e. The standard InChI is InChI=1S/C22H24N4OS/c1-14-18-20(23-10-9-15-5-3-2-4-6-15)24-13-25-21(18)28-19(14)22(27)26-12-16-7-8-17(26)11-16/h2-6,13,16-17H,7-12H2,1H3,(H,23,24,25)/t16-,17+/m0/s1. The number of rotatable bonds is 5. The molecule has 0 radical (unpaired) electrons. The van der Waals surface area contributed by atoms with Gasteiger partial charge in [-0.3, -0.25) is 4.79 Å². The molecule has 2 bridgehead atoms. The van der Waals surface area contributed by atoms with Crippen LogP contribution in [0.3, 0.4) is 0 Å². The van der Waals surface area contributed by atoms with Crippen LogP contribution in [0.25, 0.3) is 10.2 Å². The second kappa shape index (κ2) is 7.17. The molecule has 1 aliphatic carbocycles. The molecule has 1 aliphatic heterocycles. The Kier molecular flexibility index (Phi) is 4.51. The van der Waals surface area contributed by atoms with Crippen LogP contribution in [0.2, 0.25) is 0 Å². The summed E-state index contributed by atoms with van der Waals surface area (Å²) in [4.78, 5) is 25.9. The molecule has 3 heterocycles. The summed E-state index contributed by atoms with van der Waals surface area (Å²) in [5, 5.41) is 4.45. The number of nitrogens with one attached hydrogen (secondary N) is 1. The van der Waals surface area contributed by atoms with E-state index in [2.05, 4.69) is 44.5 Å². The predicted octanol–water partition coefficient (Wildman–Crippen LogP) is 4.28. The van der Waals surface area contributed by atoms with Gasteiger partial charge in [-0.25, -0.2) is 9.97 Å². The van der Waals surface area contributed by atoms with Crippen LogP contribution < -0.4 is 5.32 Å². The number of piperidine rings is 1. The van der Waals surface area contributed by atoms with Gasteiger partial charge >= 0.3 is 0 Å². The van der Waals surface area contributed by atoms with Gasteiger partial charge in [0.25, 0.3) is 5.91 Å². The van der Waals surface area contributed by atoms with Gasteiger partial charge in [0.15, 0.2) is 0 Å². The molecule has 5 rings (SSSR count). The number of hydrogen-bond acceptors (Lipinski definition) is 5. The first kappa shape index (κ1) is 17.6. The Morgan fingerprint density at radius 2 is 2.11 bits per heavy atom. The highest BCUT2D eigenvalue weighted by Crippen LogP contribution is 2.40. The molecule has 28 heavy (non-hydrogen) atoms. The number of likely N-dealkylation sites (tertiary alicyclic amines) is 1. The van der Waals surface area contributed by atoms with Crippen LogP contribution in [0.15, 0.2) is 36.7 Å². The molecule has 2 aromatic heterocycles. The Bertz CT molecular complexity index is 1020. The third-order valence-corrected chi connectivity index (χ3v) is 7.33. The summed E-state index contributed by atoms with van der Waals surface area (Å²) in [6, 6.07) is 10.9. The summed E-state index contributed by atoms with van der Waals surface area (Å²) in [5.41, 5.74) is 2.30. The number of aromatic nitrogens is 2. The second-order valence-corrected chi connectivity index (χ2v) is 8.91. The zero-order valence-electron chi connectivity index (χ0n) is 16.0. The van der Waals surface area contributed by atoms with Crippen molar-refractivity contribution in [3.63, 3.8) is 0 Å². The lowest BCUT2D eigenvalue weighted by atomic mass is 10.1. The highest BCUT2D eigenvalue weighted by Gasteiger charge is 2.41. The monoisotopic (exact) mass is 392 g/mol. The summed E-state index contributed by atoms with van der Waals surface area (Å²) >= 11 is 1.51. The summed E-state index contributed by atoms with van der Waals surface area (Å²) in [6.45, 7) is 3.75. The van der Waals surface area contributed by atoms with Gasteiger partial charge in [-0.15, -0.1) is 11.3 Å². The highest BCUT2D eigenvalue weighted by molar-refractivity contribution is 7.20. The number of thiophene rings is 1. The molecule has 2 atom stereocenters. The summed E-state index contributed by atoms with van der Waals surface area (Å²) in [6.07, 6.45) is 6.14. The lowest BCUT2D eigenvalue weighted by Crippen LogP contribution is -2.37. The van der Waals surface area contributed by atoms with E-state index in [1.165, 1.54) is 29.7 Å². The van der Waals surface area contributed by atoms with Gasteiger partial charge < -0.3 is 10.2 Å². The Labute approximate surface area is 168 Å². The van der Waals surface area contributed by atoms with Gasteiger partial charge in [-0.2, -0.15) is 0 Å². The van der Waals surface area contributed by atoms with Crippen molar-refractivity contribution in [2.75, 3.05) is 18.4 Å². The van der Waals surface area contributed by atoms with E-state index in [9.17, 15) is 4.79 Å². The number of anilines is 1. The number of nitrogens with zero attached hydrogens (tertiary/aromatic N) is 3. The Hall–Kier alpha value is -2.47. The maximum atomic E-state index is 13.2. The smallest absolute Gasteiger partial charge is 0.264 e. The molecule has 144 valence electrons. The SMILES string of the molecule is Cc1c(C(=O)N2C[C@H]3CC[C@@H]2C3)sc2ncnc(NCCc3ccccc3)c12. The van der Waals surface area contributed by atoms with E-state index in [0.29, 0.717) is 12.0 Å². The van der Waals surface area contributed by atoms with Crippen LogP contribution in [0.5, 0.6) is 0 Å². The number of carbonyl (C=O) groups is 1. The van der Waals surface area contributed by atoms with E-state index >= 15 is 0 Å². The van der Waals surface area contributed by atoms with E-state index in [1.54, 1.807) is 6.33 Å². The van der Waals surface area contributed by atoms with Crippen molar-refractivity contribution in [3.8, 4) is 0 Å². The molecule has 1 N–H and O–H groups in total. The topological polar surface area (TPSA) is 58.1 Å². The second-order valence-electron chi connectivity index (χ2n) is 7.91. The molecule has 1 aromatic carbocycles. The third-order valence-electron chi connectivity index (χ3n) is 6.14. The van der Waals surface area contributed by atoms with Crippen LogP contribution in [-0.4, -0.2) is 39.9 Å². The lowest BCUT2D eigenvalue weighted by Gasteiger charge is -2.26. The van der Waals surface area contributed by atoms with E-state index in [1.807, 2.05) is 13.0 Å². The zero-order valence-corrected chi connectivity index (χ0v) is 16.8. The Morgan fingerprint density at radius 1 is 1.25 bits per heavy atom. The summed E-state index contributed by atoms with van der Waals surface area (Å²) < 4.78 is 0. The lowest BCUT2D eigenvalue weighted by molar-refractivity contribution is 0.0708. The van der Waals surface area contributed by atoms with Gasteiger partial charge in [0.1, 0.15) is 17.0 Å². The van der Waals surface area contributed by atoms with Gasteiger partial charge in [0, 0.05) is 19.1 Å². The van der Waals surface area contributed by atoms with E-state index in [-0.39, 0.29) is 5.91 Å². The predicted molar refractivity (Wildman–Crippen MR) is 113 cm³/mol. The number of hydrogen-bond donors (Lipinski definition) is 1. The zero-order chi connectivity index (χ0) is 19.1. The summed E-state index contributed by atoms with van der Waals surface area (Å²) in [7, 11) is 0. The number of benzene rings is 1. The normalized spacial score (nSPS) is 20.8. The molecule has 5 nitrogen and oxygen atoms in total. The molecule has 1 saturated heterocycles. The minimum absolute atomic E-state index is 0.183. The highest BCUT2D eigenvalue weighted by atomic mass is 32.1. The molecule has 6 heteroatoms. The number of aryl methyl sites for hydroxylation is 1. The third kappa shape index (κ3) is 3.05. The maximum absolute atomic E-state index is 13.2. The number of amides is 1. The molecule has 0 unspecified atom stereocenters. The van der Waals surface area contributed by atoms with Crippen LogP contribution in [0, 0.1) is 12.8 Å². The van der Waals surface area contributed by atoms with Gasteiger partial charge in [0.2, 0.25) is 0 Å². The summed E-state index contributed by atoms with van der Waals surface area (Å²) in [5.74, 6) is 1.72. The van der Waals surface area contributed by atoms with Crippen molar-refractivity contribution in [1.29, 1.82) is 0 Å². The fourth-order valence-corrected chi connectivity index (χ4v) is 5.79. The molecule has 0 spiro atoms. The van der Waals surface area contributed by atoms with Crippen LogP contribution in [-0.2, 0) is 6.42 Å². The average molecular weight is 393 g/mol. The maximum Gasteiger partial charge on any atom is 0.264 e. The fourth-order valence-electron chi connectivity index (χ4n) is 4.68. The molecular formula is C22H24N4OS. The van der Waals surface area contributed by atoms with E-state index in [4.69, 9.17) is 0 Å². The van der Waals surface area contributed by atoms with Crippen molar-refractivity contribution in [2.45, 2.75) is 38.6 Å². The van der Waals surface area contributed by atoms with Crippen LogP contribution >= 0.6 is 11.3 Å². The first-order valence-corrected chi connectivity index (χ1v) is 10.8. The van der Waals surface area contributed by atoms with Crippen molar-refractivity contribution in [2.24, 2.45) is 5.92 Å². The minimum atomic E-state index is 0.183. The van der Waals surface area contributed by atoms with Crippen LogP contribution in [0.4, 0.5) is 5.82 Å². The van der Waals surface area contributed by atoms with Crippen LogP contribution in [0.1, 0.15) is 40.1 Å².